The summed E-state index contributed by atoms with van der Waals surface area (Å²) in [6.07, 6.45) is 4.16. The van der Waals surface area contributed by atoms with Gasteiger partial charge in [-0.2, -0.15) is 0 Å². The van der Waals surface area contributed by atoms with E-state index in [0.717, 1.165) is 25.7 Å². The maximum absolute atomic E-state index is 10.8. The second-order valence-corrected chi connectivity index (χ2v) is 3.87. The Kier molecular flexibility index (Phi) is 3.09. The molecule has 0 aromatic carbocycles. The molecule has 0 aromatic heterocycles. The third-order valence-electron chi connectivity index (χ3n) is 2.83. The third-order valence-corrected chi connectivity index (χ3v) is 2.83. The molecule has 2 N–H and O–H groups in total. The molecule has 1 aliphatic rings. The van der Waals surface area contributed by atoms with Crippen LogP contribution >= 0.6 is 0 Å². The smallest absolute Gasteiger partial charge is 0.220 e. The molecule has 70 valence electrons. The number of carbonyl (C=O) groups is 1. The second-order valence-electron chi connectivity index (χ2n) is 3.87. The van der Waals surface area contributed by atoms with Crippen molar-refractivity contribution in [2.45, 2.75) is 31.7 Å². The molecule has 1 amide bonds. The van der Waals surface area contributed by atoms with Crippen molar-refractivity contribution < 1.29 is 4.79 Å². The highest BCUT2D eigenvalue weighted by atomic mass is 16.1. The van der Waals surface area contributed by atoms with Gasteiger partial charge in [0, 0.05) is 12.0 Å². The molecule has 1 rings (SSSR count). The van der Waals surface area contributed by atoms with Crippen LogP contribution < -0.4 is 5.73 Å². The van der Waals surface area contributed by atoms with Gasteiger partial charge in [-0.3, -0.25) is 4.79 Å². The number of hydrogen-bond donors (Lipinski definition) is 1. The normalized spacial score (nSPS) is 30.6. The summed E-state index contributed by atoms with van der Waals surface area (Å²) in [5.74, 6) is 0.0217. The van der Waals surface area contributed by atoms with Crippen molar-refractivity contribution in [2.24, 2.45) is 11.7 Å². The lowest BCUT2D eigenvalue weighted by Gasteiger charge is -2.31. The molecule has 12 heavy (non-hydrogen) atoms. The predicted molar refractivity (Wildman–Crippen MR) is 48.6 cm³/mol. The summed E-state index contributed by atoms with van der Waals surface area (Å²) in [5, 5.41) is 0. The van der Waals surface area contributed by atoms with Crippen molar-refractivity contribution in [2.75, 3.05) is 14.1 Å². The number of carbonyl (C=O) groups excluding carboxylic acids is 1. The number of nitrogens with zero attached hydrogens (tertiary/aromatic N) is 1. The topological polar surface area (TPSA) is 46.3 Å². The minimum absolute atomic E-state index is 0.118. The molecule has 0 heterocycles. The molecule has 3 nitrogen and oxygen atoms in total. The van der Waals surface area contributed by atoms with Crippen molar-refractivity contribution in [3.63, 3.8) is 0 Å². The number of nitrogens with two attached hydrogens (primary N) is 1. The Morgan fingerprint density at radius 1 is 1.25 bits per heavy atom. The van der Waals surface area contributed by atoms with E-state index in [1.807, 2.05) is 0 Å². The molecule has 0 atom stereocenters. The minimum atomic E-state index is -0.118. The highest BCUT2D eigenvalue weighted by molar-refractivity contribution is 5.76. The molecular formula is C9H18N2O. The molecule has 0 bridgehead atoms. The van der Waals surface area contributed by atoms with E-state index in [9.17, 15) is 4.79 Å². The fraction of sp³-hybridized carbons (Fsp3) is 0.889. The Morgan fingerprint density at radius 3 is 2.08 bits per heavy atom. The van der Waals surface area contributed by atoms with E-state index in [0.29, 0.717) is 6.04 Å². The van der Waals surface area contributed by atoms with Crippen LogP contribution in [0.15, 0.2) is 0 Å². The molecule has 0 spiro atoms. The summed E-state index contributed by atoms with van der Waals surface area (Å²) in [4.78, 5) is 13.1. The van der Waals surface area contributed by atoms with Crippen LogP contribution in [0, 0.1) is 5.92 Å². The average Bonchev–Trinajstić information content (AvgIpc) is 2.04. The number of amides is 1. The largest absolute Gasteiger partial charge is 0.369 e. The molecule has 1 aliphatic carbocycles. The lowest BCUT2D eigenvalue weighted by atomic mass is 9.85. The van der Waals surface area contributed by atoms with Gasteiger partial charge in [-0.1, -0.05) is 0 Å². The lowest BCUT2D eigenvalue weighted by Crippen LogP contribution is -2.35. The van der Waals surface area contributed by atoms with Crippen LogP contribution in [-0.4, -0.2) is 30.9 Å². The van der Waals surface area contributed by atoms with Crippen molar-refractivity contribution >= 4 is 5.91 Å². The lowest BCUT2D eigenvalue weighted by molar-refractivity contribution is -0.123. The molecule has 1 saturated carbocycles. The monoisotopic (exact) mass is 170 g/mol. The van der Waals surface area contributed by atoms with E-state index in [4.69, 9.17) is 5.73 Å². The third kappa shape index (κ3) is 2.21. The van der Waals surface area contributed by atoms with E-state index in [-0.39, 0.29) is 11.8 Å². The first-order valence-electron chi connectivity index (χ1n) is 4.57. The quantitative estimate of drug-likeness (QED) is 0.659. The first-order valence-corrected chi connectivity index (χ1v) is 4.57. The van der Waals surface area contributed by atoms with Crippen LogP contribution in [0.5, 0.6) is 0 Å². The summed E-state index contributed by atoms with van der Waals surface area (Å²) >= 11 is 0. The van der Waals surface area contributed by atoms with E-state index in [1.165, 1.54) is 0 Å². The van der Waals surface area contributed by atoms with Gasteiger partial charge in [0.05, 0.1) is 0 Å². The fourth-order valence-corrected chi connectivity index (χ4v) is 1.88. The van der Waals surface area contributed by atoms with Crippen LogP contribution in [0.3, 0.4) is 0 Å². The summed E-state index contributed by atoms with van der Waals surface area (Å²) < 4.78 is 0. The van der Waals surface area contributed by atoms with E-state index in [1.54, 1.807) is 0 Å². The zero-order chi connectivity index (χ0) is 9.14. The van der Waals surface area contributed by atoms with Crippen molar-refractivity contribution in [1.82, 2.24) is 4.90 Å². The minimum Gasteiger partial charge on any atom is -0.369 e. The maximum atomic E-state index is 10.8. The summed E-state index contributed by atoms with van der Waals surface area (Å²) in [6, 6.07) is 0.653. The Morgan fingerprint density at radius 2 is 1.75 bits per heavy atom. The highest BCUT2D eigenvalue weighted by Gasteiger charge is 2.25. The number of rotatable bonds is 2. The van der Waals surface area contributed by atoms with Gasteiger partial charge in [-0.25, -0.2) is 0 Å². The zero-order valence-electron chi connectivity index (χ0n) is 7.92. The van der Waals surface area contributed by atoms with E-state index >= 15 is 0 Å². The van der Waals surface area contributed by atoms with Gasteiger partial charge in [0.2, 0.25) is 5.91 Å². The van der Waals surface area contributed by atoms with Crippen LogP contribution in [-0.2, 0) is 4.79 Å². The summed E-state index contributed by atoms with van der Waals surface area (Å²) in [7, 11) is 4.19. The Balaban J connectivity index is 2.34. The van der Waals surface area contributed by atoms with Crippen molar-refractivity contribution in [1.29, 1.82) is 0 Å². The molecule has 0 saturated heterocycles. The molecular weight excluding hydrogens is 152 g/mol. The standard InChI is InChI=1S/C9H18N2O/c1-11(2)8-5-3-7(4-6-8)9(10)12/h7-8H,3-6H2,1-2H3,(H2,10,12). The van der Waals surface area contributed by atoms with Gasteiger partial charge in [-0.15, -0.1) is 0 Å². The number of primary amides is 1. The zero-order valence-corrected chi connectivity index (χ0v) is 7.92. The molecule has 0 aliphatic heterocycles. The van der Waals surface area contributed by atoms with Crippen molar-refractivity contribution in [3.05, 3.63) is 0 Å². The molecule has 0 radical (unpaired) electrons. The van der Waals surface area contributed by atoms with Gasteiger partial charge in [0.15, 0.2) is 0 Å². The fourth-order valence-electron chi connectivity index (χ4n) is 1.88. The van der Waals surface area contributed by atoms with Crippen molar-refractivity contribution in [3.8, 4) is 0 Å². The summed E-state index contributed by atoms with van der Waals surface area (Å²) in [5.41, 5.74) is 5.24. The van der Waals surface area contributed by atoms with Crippen LogP contribution in [0.2, 0.25) is 0 Å². The Labute approximate surface area is 73.9 Å². The Bertz CT molecular complexity index is 160. The maximum Gasteiger partial charge on any atom is 0.220 e. The molecule has 0 aromatic rings. The van der Waals surface area contributed by atoms with E-state index < -0.39 is 0 Å². The predicted octanol–water partition coefficient (Wildman–Crippen LogP) is 0.592. The van der Waals surface area contributed by atoms with Gasteiger partial charge >= 0.3 is 0 Å². The number of hydrogen-bond acceptors (Lipinski definition) is 2. The van der Waals surface area contributed by atoms with Crippen LogP contribution in [0.25, 0.3) is 0 Å². The Hall–Kier alpha value is -0.570. The van der Waals surface area contributed by atoms with Crippen LogP contribution in [0.4, 0.5) is 0 Å². The second kappa shape index (κ2) is 3.90. The van der Waals surface area contributed by atoms with E-state index in [2.05, 4.69) is 19.0 Å². The van der Waals surface area contributed by atoms with Crippen LogP contribution in [0.1, 0.15) is 25.7 Å². The van der Waals surface area contributed by atoms with Gasteiger partial charge in [0.25, 0.3) is 0 Å². The SMILES string of the molecule is CN(C)C1CCC(C(N)=O)CC1. The molecule has 3 heteroatoms. The highest BCUT2D eigenvalue weighted by Crippen LogP contribution is 2.25. The van der Waals surface area contributed by atoms with Gasteiger partial charge in [-0.05, 0) is 39.8 Å². The molecule has 1 fully saturated rings. The average molecular weight is 170 g/mol. The van der Waals surface area contributed by atoms with Gasteiger partial charge in [0.1, 0.15) is 0 Å². The first kappa shape index (κ1) is 9.52. The summed E-state index contributed by atoms with van der Waals surface area (Å²) in [6.45, 7) is 0. The van der Waals surface area contributed by atoms with Gasteiger partial charge < -0.3 is 10.6 Å². The molecule has 0 unspecified atom stereocenters. The first-order chi connectivity index (χ1) is 5.61.